The van der Waals surface area contributed by atoms with E-state index in [4.69, 9.17) is 9.97 Å². The Morgan fingerprint density at radius 1 is 0.375 bits per heavy atom. The number of fused-ring (bicyclic) bond motifs is 12. The van der Waals surface area contributed by atoms with E-state index in [2.05, 4.69) is 241 Å². The van der Waals surface area contributed by atoms with Crippen molar-refractivity contribution in [3.63, 3.8) is 0 Å². The van der Waals surface area contributed by atoms with Crippen molar-refractivity contribution < 1.29 is 0 Å². The first-order valence-corrected chi connectivity index (χ1v) is 22.0. The van der Waals surface area contributed by atoms with Gasteiger partial charge in [-0.05, 0) is 100.0 Å². The van der Waals surface area contributed by atoms with Gasteiger partial charge in [0.05, 0.1) is 39.2 Å². The molecule has 0 unspecified atom stereocenters. The van der Waals surface area contributed by atoms with Crippen molar-refractivity contribution in [2.75, 3.05) is 4.90 Å². The highest BCUT2D eigenvalue weighted by molar-refractivity contribution is 6.10. The molecular weight excluding hydrogens is 777 g/mol. The number of anilines is 3. The zero-order chi connectivity index (χ0) is 42.4. The van der Waals surface area contributed by atoms with Gasteiger partial charge in [-0.2, -0.15) is 0 Å². The van der Waals surface area contributed by atoms with E-state index in [1.54, 1.807) is 0 Å². The third-order valence-corrected chi connectivity index (χ3v) is 13.5. The lowest BCUT2D eigenvalue weighted by Gasteiger charge is -2.44. The summed E-state index contributed by atoms with van der Waals surface area (Å²) in [5.74, 6) is 0.622. The van der Waals surface area contributed by atoms with E-state index < -0.39 is 5.41 Å². The highest BCUT2D eigenvalue weighted by Crippen LogP contribution is 2.63. The van der Waals surface area contributed by atoms with Gasteiger partial charge in [-0.25, -0.2) is 9.97 Å². The Balaban J connectivity index is 1.10. The first kappa shape index (κ1) is 36.3. The first-order chi connectivity index (χ1) is 31.6. The molecule has 2 aromatic heterocycles. The van der Waals surface area contributed by atoms with Crippen molar-refractivity contribution >= 4 is 39.1 Å². The number of aromatic nitrogens is 3. The SMILES string of the molecule is Cc1ccc(-n2c3ccccc3c3cc(-c4ccc5c(c4)N(c4nc(-c6ccccc6)cc(-c6ccccc6)n4)c4ccccc4C54c5ccccc5-c5ccccc54)ccc32)cc1. The van der Waals surface area contributed by atoms with Crippen LogP contribution in [0.3, 0.4) is 0 Å². The molecule has 0 saturated carbocycles. The van der Waals surface area contributed by atoms with Crippen LogP contribution < -0.4 is 4.90 Å². The molecule has 0 N–H and O–H groups in total. The quantitative estimate of drug-likeness (QED) is 0.173. The smallest absolute Gasteiger partial charge is 0.235 e. The van der Waals surface area contributed by atoms with Crippen LogP contribution in [0.5, 0.6) is 0 Å². The predicted molar refractivity (Wildman–Crippen MR) is 263 cm³/mol. The summed E-state index contributed by atoms with van der Waals surface area (Å²) in [6.45, 7) is 2.14. The topological polar surface area (TPSA) is 34.0 Å². The van der Waals surface area contributed by atoms with Gasteiger partial charge in [-0.15, -0.1) is 0 Å². The van der Waals surface area contributed by atoms with Gasteiger partial charge in [0.15, 0.2) is 0 Å². The predicted octanol–water partition coefficient (Wildman–Crippen LogP) is 15.0. The third-order valence-electron chi connectivity index (χ3n) is 13.5. The average Bonchev–Trinajstić information content (AvgIpc) is 3.85. The molecule has 1 aliphatic carbocycles. The van der Waals surface area contributed by atoms with Gasteiger partial charge >= 0.3 is 0 Å². The molecule has 64 heavy (non-hydrogen) atoms. The molecule has 0 saturated heterocycles. The maximum absolute atomic E-state index is 5.48. The first-order valence-electron chi connectivity index (χ1n) is 22.0. The molecule has 0 atom stereocenters. The number of hydrogen-bond acceptors (Lipinski definition) is 3. The maximum atomic E-state index is 5.48. The van der Waals surface area contributed by atoms with Gasteiger partial charge in [-0.3, -0.25) is 4.90 Å². The van der Waals surface area contributed by atoms with Crippen molar-refractivity contribution in [2.24, 2.45) is 0 Å². The normalized spacial score (nSPS) is 13.2. The Kier molecular flexibility index (Phi) is 8.00. The number of para-hydroxylation sites is 2. The third kappa shape index (κ3) is 5.29. The van der Waals surface area contributed by atoms with Crippen LogP contribution in [0.2, 0.25) is 0 Å². The van der Waals surface area contributed by atoms with Crippen molar-refractivity contribution in [2.45, 2.75) is 12.3 Å². The number of rotatable bonds is 5. The summed E-state index contributed by atoms with van der Waals surface area (Å²) in [5.41, 5.74) is 19.9. The summed E-state index contributed by atoms with van der Waals surface area (Å²) in [7, 11) is 0. The van der Waals surface area contributed by atoms with Crippen molar-refractivity contribution in [1.82, 2.24) is 14.5 Å². The minimum absolute atomic E-state index is 0.584. The zero-order valence-corrected chi connectivity index (χ0v) is 35.2. The molecule has 13 rings (SSSR count). The largest absolute Gasteiger partial charge is 0.309 e. The van der Waals surface area contributed by atoms with Gasteiger partial charge in [0.25, 0.3) is 0 Å². The molecule has 300 valence electrons. The standard InChI is InChI=1S/C60H40N4/c1-39-28-32-44(33-29-39)63-55-26-14-10-22-47(55)48-36-42(31-35-56(48)63)43-30-34-52-58(37-43)64(59-61-53(40-16-4-2-5-17-40)38-54(62-59)41-18-6-3-7-19-41)57-27-15-13-25-51(57)60(52)49-23-11-8-20-45(49)46-21-9-12-24-50(46)60/h2-38H,1H3. The van der Waals surface area contributed by atoms with Crippen LogP contribution in [0, 0.1) is 6.92 Å². The second-order valence-electron chi connectivity index (χ2n) is 17.0. The molecule has 4 heteroatoms. The van der Waals surface area contributed by atoms with Gasteiger partial charge in [0.2, 0.25) is 5.95 Å². The molecule has 2 aliphatic rings. The molecular formula is C60H40N4. The Morgan fingerprint density at radius 3 is 1.59 bits per heavy atom. The minimum atomic E-state index is -0.584. The van der Waals surface area contributed by atoms with Crippen LogP contribution in [-0.4, -0.2) is 14.5 Å². The molecule has 11 aromatic rings. The van der Waals surface area contributed by atoms with Crippen molar-refractivity contribution in [1.29, 1.82) is 0 Å². The van der Waals surface area contributed by atoms with Crippen LogP contribution in [0.15, 0.2) is 224 Å². The van der Waals surface area contributed by atoms with Crippen LogP contribution >= 0.6 is 0 Å². The number of nitrogens with zero attached hydrogens (tertiary/aromatic N) is 4. The van der Waals surface area contributed by atoms with E-state index >= 15 is 0 Å². The Hall–Kier alpha value is -8.34. The second-order valence-corrected chi connectivity index (χ2v) is 17.0. The molecule has 4 nitrogen and oxygen atoms in total. The molecule has 9 aromatic carbocycles. The van der Waals surface area contributed by atoms with Gasteiger partial charge < -0.3 is 4.57 Å². The van der Waals surface area contributed by atoms with Crippen molar-refractivity contribution in [3.05, 3.63) is 252 Å². The molecule has 0 bridgehead atoms. The summed E-state index contributed by atoms with van der Waals surface area (Å²) < 4.78 is 2.39. The van der Waals surface area contributed by atoms with Gasteiger partial charge in [0, 0.05) is 27.6 Å². The van der Waals surface area contributed by atoms with Crippen LogP contribution in [-0.2, 0) is 5.41 Å². The van der Waals surface area contributed by atoms with E-state index in [0.717, 1.165) is 50.7 Å². The summed E-state index contributed by atoms with van der Waals surface area (Å²) in [6, 6.07) is 81.5. The maximum Gasteiger partial charge on any atom is 0.235 e. The lowest BCUT2D eigenvalue weighted by atomic mass is 9.64. The van der Waals surface area contributed by atoms with Crippen LogP contribution in [0.4, 0.5) is 17.3 Å². The highest BCUT2D eigenvalue weighted by atomic mass is 15.3. The summed E-state index contributed by atoms with van der Waals surface area (Å²) in [5, 5.41) is 2.45. The van der Waals surface area contributed by atoms with Crippen LogP contribution in [0.1, 0.15) is 27.8 Å². The average molecular weight is 817 g/mol. The fraction of sp³-hybridized carbons (Fsp3) is 0.0333. The van der Waals surface area contributed by atoms with Crippen LogP contribution in [0.25, 0.3) is 72.3 Å². The van der Waals surface area contributed by atoms with E-state index in [1.165, 1.54) is 60.8 Å². The molecule has 3 heterocycles. The van der Waals surface area contributed by atoms with Gasteiger partial charge in [-0.1, -0.05) is 181 Å². The Labute approximate surface area is 372 Å². The van der Waals surface area contributed by atoms with E-state index in [1.807, 2.05) is 0 Å². The number of benzene rings is 9. The highest BCUT2D eigenvalue weighted by Gasteiger charge is 2.52. The lowest BCUT2D eigenvalue weighted by molar-refractivity contribution is 0.750. The molecule has 0 amide bonds. The number of hydrogen-bond donors (Lipinski definition) is 0. The minimum Gasteiger partial charge on any atom is -0.309 e. The second kappa shape index (κ2) is 14.1. The lowest BCUT2D eigenvalue weighted by Crippen LogP contribution is -2.36. The Morgan fingerprint density at radius 2 is 0.906 bits per heavy atom. The van der Waals surface area contributed by atoms with Gasteiger partial charge in [0.1, 0.15) is 0 Å². The molecule has 0 fully saturated rings. The molecule has 0 radical (unpaired) electrons. The summed E-state index contributed by atoms with van der Waals surface area (Å²) >= 11 is 0. The molecule has 1 aliphatic heterocycles. The van der Waals surface area contributed by atoms with E-state index in [-0.39, 0.29) is 0 Å². The fourth-order valence-corrected chi connectivity index (χ4v) is 10.7. The van der Waals surface area contributed by atoms with E-state index in [9.17, 15) is 0 Å². The zero-order valence-electron chi connectivity index (χ0n) is 35.2. The number of aryl methyl sites for hydroxylation is 1. The fourth-order valence-electron chi connectivity index (χ4n) is 10.7. The van der Waals surface area contributed by atoms with E-state index in [0.29, 0.717) is 5.95 Å². The van der Waals surface area contributed by atoms with Crippen molar-refractivity contribution in [3.8, 4) is 50.5 Å². The monoisotopic (exact) mass is 816 g/mol. The molecule has 1 spiro atoms. The Bertz CT molecular complexity index is 3520. The summed E-state index contributed by atoms with van der Waals surface area (Å²) in [4.78, 5) is 13.3. The summed E-state index contributed by atoms with van der Waals surface area (Å²) in [6.07, 6.45) is 0.